The predicted octanol–water partition coefficient (Wildman–Crippen LogP) is 3.30. The Kier molecular flexibility index (Phi) is 4.58. The second-order valence-electron chi connectivity index (χ2n) is 7.20. The van der Waals surface area contributed by atoms with Crippen molar-refractivity contribution in [3.05, 3.63) is 48.8 Å². The number of nitrogens with zero attached hydrogens (tertiary/aromatic N) is 6. The Balaban J connectivity index is 1.85. The lowest BCUT2D eigenvalue weighted by atomic mass is 10.1. The zero-order valence-corrected chi connectivity index (χ0v) is 16.6. The van der Waals surface area contributed by atoms with Crippen LogP contribution in [0, 0.1) is 0 Å². The zero-order valence-electron chi connectivity index (χ0n) is 16.6. The summed E-state index contributed by atoms with van der Waals surface area (Å²) in [6, 6.07) is 11.9. The Morgan fingerprint density at radius 3 is 2.57 bits per heavy atom. The lowest BCUT2D eigenvalue weighted by Crippen LogP contribution is -2.55. The van der Waals surface area contributed by atoms with Gasteiger partial charge in [0.1, 0.15) is 11.7 Å². The van der Waals surface area contributed by atoms with Crippen molar-refractivity contribution in [3.8, 4) is 17.2 Å². The van der Waals surface area contributed by atoms with Crippen LogP contribution in [0.15, 0.2) is 48.8 Å². The summed E-state index contributed by atoms with van der Waals surface area (Å²) in [5.41, 5.74) is 2.69. The smallest absolute Gasteiger partial charge is 0.253 e. The highest BCUT2D eigenvalue weighted by atomic mass is 16.2. The number of anilines is 2. The van der Waals surface area contributed by atoms with Gasteiger partial charge >= 0.3 is 0 Å². The van der Waals surface area contributed by atoms with E-state index >= 15 is 0 Å². The van der Waals surface area contributed by atoms with Gasteiger partial charge in [-0.3, -0.25) is 4.79 Å². The summed E-state index contributed by atoms with van der Waals surface area (Å²) in [4.78, 5) is 25.9. The fourth-order valence-electron chi connectivity index (χ4n) is 3.76. The number of aromatic nitrogens is 4. The van der Waals surface area contributed by atoms with Crippen molar-refractivity contribution in [2.45, 2.75) is 39.3 Å². The van der Waals surface area contributed by atoms with E-state index < -0.39 is 0 Å². The highest BCUT2D eigenvalue weighted by molar-refractivity contribution is 6.04. The van der Waals surface area contributed by atoms with E-state index in [1.807, 2.05) is 43.3 Å². The number of benzene rings is 1. The van der Waals surface area contributed by atoms with Crippen molar-refractivity contribution < 1.29 is 4.79 Å². The average molecular weight is 376 g/mol. The van der Waals surface area contributed by atoms with Gasteiger partial charge in [-0.05, 0) is 26.3 Å². The van der Waals surface area contributed by atoms with Crippen molar-refractivity contribution in [2.24, 2.45) is 0 Å². The monoisotopic (exact) mass is 376 g/mol. The molecule has 1 aliphatic heterocycles. The van der Waals surface area contributed by atoms with Crippen molar-refractivity contribution in [1.82, 2.24) is 19.7 Å². The molecule has 0 unspecified atom stereocenters. The molecule has 2 aromatic heterocycles. The van der Waals surface area contributed by atoms with E-state index in [2.05, 4.69) is 28.8 Å². The molecule has 3 aromatic rings. The fourth-order valence-corrected chi connectivity index (χ4v) is 3.76. The molecule has 144 valence electrons. The third kappa shape index (κ3) is 2.83. The Morgan fingerprint density at radius 1 is 1.14 bits per heavy atom. The van der Waals surface area contributed by atoms with E-state index in [1.165, 1.54) is 0 Å². The van der Waals surface area contributed by atoms with E-state index in [0.717, 1.165) is 29.2 Å². The number of amides is 1. The molecule has 1 aliphatic rings. The molecule has 3 heterocycles. The molecular formula is C21H24N6O. The van der Waals surface area contributed by atoms with Crippen LogP contribution in [0.4, 0.5) is 11.5 Å². The molecule has 0 fully saturated rings. The quantitative estimate of drug-likeness (QED) is 0.699. The molecule has 28 heavy (non-hydrogen) atoms. The SMILES string of the molecule is CC[C@@H]1C(=O)N(C)c2cnc(-n3nccc3-c3ccccc3)nc2N1C(C)C. The third-order valence-corrected chi connectivity index (χ3v) is 5.14. The van der Waals surface area contributed by atoms with Gasteiger partial charge in [-0.2, -0.15) is 14.8 Å². The number of hydrogen-bond acceptors (Lipinski definition) is 5. The van der Waals surface area contributed by atoms with Crippen LogP contribution in [0.1, 0.15) is 27.2 Å². The molecule has 0 spiro atoms. The van der Waals surface area contributed by atoms with Crippen molar-refractivity contribution in [3.63, 3.8) is 0 Å². The maximum Gasteiger partial charge on any atom is 0.253 e. The summed E-state index contributed by atoms with van der Waals surface area (Å²) in [6.45, 7) is 6.19. The summed E-state index contributed by atoms with van der Waals surface area (Å²) >= 11 is 0. The maximum absolute atomic E-state index is 12.8. The Labute approximate surface area is 164 Å². The van der Waals surface area contributed by atoms with E-state index in [-0.39, 0.29) is 18.0 Å². The summed E-state index contributed by atoms with van der Waals surface area (Å²) in [5, 5.41) is 4.45. The molecule has 0 N–H and O–H groups in total. The summed E-state index contributed by atoms with van der Waals surface area (Å²) in [6.07, 6.45) is 4.18. The van der Waals surface area contributed by atoms with Crippen LogP contribution in [0.3, 0.4) is 0 Å². The topological polar surface area (TPSA) is 67.2 Å². The molecule has 0 saturated heterocycles. The first-order valence-electron chi connectivity index (χ1n) is 9.55. The maximum atomic E-state index is 12.8. The molecule has 0 aliphatic carbocycles. The van der Waals surface area contributed by atoms with Gasteiger partial charge < -0.3 is 9.80 Å². The molecule has 0 bridgehead atoms. The Hall–Kier alpha value is -3.22. The number of hydrogen-bond donors (Lipinski definition) is 0. The van der Waals surface area contributed by atoms with Crippen molar-refractivity contribution >= 4 is 17.4 Å². The van der Waals surface area contributed by atoms with Crippen molar-refractivity contribution in [2.75, 3.05) is 16.8 Å². The minimum absolute atomic E-state index is 0.0733. The van der Waals surface area contributed by atoms with Gasteiger partial charge in [0.2, 0.25) is 5.91 Å². The van der Waals surface area contributed by atoms with E-state index in [0.29, 0.717) is 5.95 Å². The highest BCUT2D eigenvalue weighted by Crippen LogP contribution is 2.36. The molecule has 0 radical (unpaired) electrons. The number of carbonyl (C=O) groups excluding carboxylic acids is 1. The van der Waals surface area contributed by atoms with Crippen LogP contribution >= 0.6 is 0 Å². The zero-order chi connectivity index (χ0) is 19.8. The van der Waals surface area contributed by atoms with Crippen LogP contribution in [0.2, 0.25) is 0 Å². The Bertz CT molecular complexity index is 997. The normalized spacial score (nSPS) is 16.6. The minimum Gasteiger partial charge on any atom is -0.340 e. The first-order chi connectivity index (χ1) is 13.5. The van der Waals surface area contributed by atoms with Gasteiger partial charge in [0.25, 0.3) is 5.95 Å². The minimum atomic E-state index is -0.230. The van der Waals surface area contributed by atoms with Crippen LogP contribution in [0.5, 0.6) is 0 Å². The second kappa shape index (κ2) is 7.07. The summed E-state index contributed by atoms with van der Waals surface area (Å²) < 4.78 is 1.74. The number of fused-ring (bicyclic) bond motifs is 1. The van der Waals surface area contributed by atoms with E-state index in [9.17, 15) is 4.79 Å². The molecule has 1 atom stereocenters. The fraction of sp³-hybridized carbons (Fsp3) is 0.333. The number of carbonyl (C=O) groups is 1. The largest absolute Gasteiger partial charge is 0.340 e. The van der Waals surface area contributed by atoms with Gasteiger partial charge in [0, 0.05) is 18.7 Å². The average Bonchev–Trinajstić information content (AvgIpc) is 3.20. The first kappa shape index (κ1) is 18.2. The molecule has 1 aromatic carbocycles. The molecule has 7 heteroatoms. The van der Waals surface area contributed by atoms with Crippen LogP contribution in [-0.4, -0.2) is 44.8 Å². The number of likely N-dealkylation sites (N-methyl/N-ethyl adjacent to an activating group) is 1. The molecular weight excluding hydrogens is 352 g/mol. The van der Waals surface area contributed by atoms with Gasteiger partial charge in [-0.25, -0.2) is 4.98 Å². The number of rotatable bonds is 4. The lowest BCUT2D eigenvalue weighted by Gasteiger charge is -2.42. The van der Waals surface area contributed by atoms with Gasteiger partial charge in [0.05, 0.1) is 18.1 Å². The van der Waals surface area contributed by atoms with Crippen LogP contribution < -0.4 is 9.80 Å². The van der Waals surface area contributed by atoms with Gasteiger partial charge in [-0.15, -0.1) is 0 Å². The molecule has 0 saturated carbocycles. The summed E-state index contributed by atoms with van der Waals surface area (Å²) in [5.74, 6) is 1.33. The molecule has 4 rings (SSSR count). The first-order valence-corrected chi connectivity index (χ1v) is 9.55. The Morgan fingerprint density at radius 2 is 1.89 bits per heavy atom. The van der Waals surface area contributed by atoms with E-state index in [1.54, 1.807) is 29.0 Å². The highest BCUT2D eigenvalue weighted by Gasteiger charge is 2.38. The molecule has 1 amide bonds. The van der Waals surface area contributed by atoms with E-state index in [4.69, 9.17) is 4.98 Å². The van der Waals surface area contributed by atoms with Crippen molar-refractivity contribution in [1.29, 1.82) is 0 Å². The third-order valence-electron chi connectivity index (χ3n) is 5.14. The van der Waals surface area contributed by atoms with Crippen LogP contribution in [-0.2, 0) is 4.79 Å². The van der Waals surface area contributed by atoms with Gasteiger partial charge in [0.15, 0.2) is 5.82 Å². The summed E-state index contributed by atoms with van der Waals surface area (Å²) in [7, 11) is 1.79. The molecule has 7 nitrogen and oxygen atoms in total. The van der Waals surface area contributed by atoms with Gasteiger partial charge in [-0.1, -0.05) is 37.3 Å². The standard InChI is InChI=1S/C21H24N6O/c1-5-16-20(28)25(4)18-13-22-21(24-19(18)26(16)14(2)3)27-17(11-12-23-27)15-9-7-6-8-10-15/h6-14,16H,5H2,1-4H3/t16-/m1/s1. The predicted molar refractivity (Wildman–Crippen MR) is 110 cm³/mol. The lowest BCUT2D eigenvalue weighted by molar-refractivity contribution is -0.120. The second-order valence-corrected chi connectivity index (χ2v) is 7.20. The van der Waals surface area contributed by atoms with Crippen LogP contribution in [0.25, 0.3) is 17.2 Å².